The fourth-order valence-corrected chi connectivity index (χ4v) is 1.60. The fraction of sp³-hybridized carbons (Fsp3) is 0.429. The second-order valence-electron chi connectivity index (χ2n) is 4.45. The number of aliphatic hydroxyl groups is 1. The summed E-state index contributed by atoms with van der Waals surface area (Å²) in [6, 6.07) is 7.39. The Bertz CT molecular complexity index is 446. The van der Waals surface area contributed by atoms with E-state index >= 15 is 0 Å². The van der Waals surface area contributed by atoms with Crippen molar-refractivity contribution in [1.29, 1.82) is 0 Å². The van der Waals surface area contributed by atoms with Gasteiger partial charge in [0.2, 0.25) is 11.8 Å². The molecule has 1 aromatic carbocycles. The maximum Gasteiger partial charge on any atom is 0.224 e. The summed E-state index contributed by atoms with van der Waals surface area (Å²) >= 11 is 0. The Labute approximate surface area is 113 Å². The molecule has 0 saturated heterocycles. The number of hydrogen-bond acceptors (Lipinski definition) is 3. The third kappa shape index (κ3) is 5.52. The monoisotopic (exact) mass is 264 g/mol. The summed E-state index contributed by atoms with van der Waals surface area (Å²) in [4.78, 5) is 24.3. The minimum absolute atomic E-state index is 0.00242. The lowest BCUT2D eigenvalue weighted by molar-refractivity contribution is -0.128. The van der Waals surface area contributed by atoms with Gasteiger partial charge in [-0.2, -0.15) is 0 Å². The average molecular weight is 264 g/mol. The van der Waals surface area contributed by atoms with Crippen molar-refractivity contribution in [3.63, 3.8) is 0 Å². The summed E-state index contributed by atoms with van der Waals surface area (Å²) in [5.74, 6) is -0.122. The van der Waals surface area contributed by atoms with E-state index in [0.29, 0.717) is 25.1 Å². The van der Waals surface area contributed by atoms with E-state index in [2.05, 4.69) is 5.32 Å². The van der Waals surface area contributed by atoms with Crippen molar-refractivity contribution in [1.82, 2.24) is 4.90 Å². The molecule has 1 rings (SSSR count). The number of aliphatic hydroxyl groups excluding tert-OH is 1. The van der Waals surface area contributed by atoms with E-state index in [1.165, 1.54) is 6.92 Å². The molecule has 2 amide bonds. The van der Waals surface area contributed by atoms with E-state index in [-0.39, 0.29) is 18.4 Å². The minimum atomic E-state index is -0.119. The van der Waals surface area contributed by atoms with Crippen LogP contribution < -0.4 is 5.32 Å². The molecule has 5 nitrogen and oxygen atoms in total. The highest BCUT2D eigenvalue weighted by Crippen LogP contribution is 2.12. The van der Waals surface area contributed by atoms with Gasteiger partial charge in [0.1, 0.15) is 0 Å². The Morgan fingerprint density at radius 3 is 2.74 bits per heavy atom. The smallest absolute Gasteiger partial charge is 0.224 e. The fourth-order valence-electron chi connectivity index (χ4n) is 1.60. The van der Waals surface area contributed by atoms with Crippen LogP contribution in [0.1, 0.15) is 25.3 Å². The van der Waals surface area contributed by atoms with E-state index in [1.54, 1.807) is 18.0 Å². The zero-order valence-electron chi connectivity index (χ0n) is 11.3. The van der Waals surface area contributed by atoms with Crippen molar-refractivity contribution in [2.75, 3.05) is 19.0 Å². The van der Waals surface area contributed by atoms with Crippen LogP contribution in [0.4, 0.5) is 5.69 Å². The molecule has 19 heavy (non-hydrogen) atoms. The predicted octanol–water partition coefficient (Wildman–Crippen LogP) is 1.38. The summed E-state index contributed by atoms with van der Waals surface area (Å²) < 4.78 is 0. The van der Waals surface area contributed by atoms with Crippen molar-refractivity contribution < 1.29 is 14.7 Å². The molecule has 0 atom stereocenters. The van der Waals surface area contributed by atoms with Crippen LogP contribution in [0.5, 0.6) is 0 Å². The second kappa shape index (κ2) is 7.53. The minimum Gasteiger partial charge on any atom is -0.396 e. The van der Waals surface area contributed by atoms with Crippen molar-refractivity contribution in [3.8, 4) is 0 Å². The Kier molecular flexibility index (Phi) is 6.02. The topological polar surface area (TPSA) is 69.6 Å². The normalized spacial score (nSPS) is 10.1. The standard InChI is InChI=1S/C14H20N2O3/c1-11(18)16(2)10-12-5-3-6-13(9-12)15-14(19)7-4-8-17/h3,5-6,9,17H,4,7-8,10H2,1-2H3,(H,15,19). The number of amides is 2. The Morgan fingerprint density at radius 2 is 2.11 bits per heavy atom. The first-order chi connectivity index (χ1) is 9.02. The quantitative estimate of drug-likeness (QED) is 0.815. The van der Waals surface area contributed by atoms with Crippen LogP contribution in [0.2, 0.25) is 0 Å². The van der Waals surface area contributed by atoms with Gasteiger partial charge in [-0.15, -0.1) is 0 Å². The van der Waals surface area contributed by atoms with Gasteiger partial charge in [0.25, 0.3) is 0 Å². The lowest BCUT2D eigenvalue weighted by Crippen LogP contribution is -2.23. The van der Waals surface area contributed by atoms with Gasteiger partial charge in [-0.3, -0.25) is 9.59 Å². The number of benzene rings is 1. The van der Waals surface area contributed by atoms with E-state index in [4.69, 9.17) is 5.11 Å². The number of anilines is 1. The highest BCUT2D eigenvalue weighted by Gasteiger charge is 2.05. The van der Waals surface area contributed by atoms with Crippen LogP contribution >= 0.6 is 0 Å². The molecule has 0 aliphatic rings. The first-order valence-electron chi connectivity index (χ1n) is 6.24. The third-order valence-electron chi connectivity index (χ3n) is 2.73. The molecule has 0 heterocycles. The molecular weight excluding hydrogens is 244 g/mol. The van der Waals surface area contributed by atoms with Crippen LogP contribution in [0.15, 0.2) is 24.3 Å². The Hall–Kier alpha value is -1.88. The number of carbonyl (C=O) groups excluding carboxylic acids is 2. The Morgan fingerprint density at radius 1 is 1.37 bits per heavy atom. The number of nitrogens with zero attached hydrogens (tertiary/aromatic N) is 1. The molecule has 0 bridgehead atoms. The van der Waals surface area contributed by atoms with E-state index < -0.39 is 0 Å². The molecule has 0 aliphatic heterocycles. The van der Waals surface area contributed by atoms with Crippen LogP contribution in [0, 0.1) is 0 Å². The van der Waals surface area contributed by atoms with Gasteiger partial charge >= 0.3 is 0 Å². The van der Waals surface area contributed by atoms with Gasteiger partial charge in [-0.25, -0.2) is 0 Å². The van der Waals surface area contributed by atoms with Crippen molar-refractivity contribution >= 4 is 17.5 Å². The van der Waals surface area contributed by atoms with Gasteiger partial charge in [-0.05, 0) is 24.1 Å². The molecule has 0 aromatic heterocycles. The number of nitrogens with one attached hydrogen (secondary N) is 1. The molecule has 5 heteroatoms. The lowest BCUT2D eigenvalue weighted by atomic mass is 10.2. The van der Waals surface area contributed by atoms with Gasteiger partial charge in [-0.1, -0.05) is 12.1 Å². The lowest BCUT2D eigenvalue weighted by Gasteiger charge is -2.15. The second-order valence-corrected chi connectivity index (χ2v) is 4.45. The third-order valence-corrected chi connectivity index (χ3v) is 2.73. The molecule has 0 fully saturated rings. The molecule has 1 aromatic rings. The highest BCUT2D eigenvalue weighted by molar-refractivity contribution is 5.90. The molecule has 0 saturated carbocycles. The van der Waals surface area contributed by atoms with Gasteiger partial charge in [0.05, 0.1) is 0 Å². The van der Waals surface area contributed by atoms with Crippen molar-refractivity contribution in [2.24, 2.45) is 0 Å². The van der Waals surface area contributed by atoms with Crippen molar-refractivity contribution in [3.05, 3.63) is 29.8 Å². The number of carbonyl (C=O) groups is 2. The summed E-state index contributed by atoms with van der Waals surface area (Å²) in [7, 11) is 1.73. The van der Waals surface area contributed by atoms with E-state index in [1.807, 2.05) is 18.2 Å². The zero-order chi connectivity index (χ0) is 14.3. The summed E-state index contributed by atoms with van der Waals surface area (Å²) in [5, 5.41) is 11.4. The van der Waals surface area contributed by atoms with Crippen molar-refractivity contribution in [2.45, 2.75) is 26.3 Å². The maximum atomic E-state index is 11.5. The van der Waals surface area contributed by atoms with Crippen LogP contribution in [-0.4, -0.2) is 35.5 Å². The molecule has 104 valence electrons. The molecule has 0 aliphatic carbocycles. The summed E-state index contributed by atoms with van der Waals surface area (Å²) in [6.07, 6.45) is 0.757. The van der Waals surface area contributed by atoms with E-state index in [9.17, 15) is 9.59 Å². The zero-order valence-corrected chi connectivity index (χ0v) is 11.3. The molecule has 2 N–H and O–H groups in total. The van der Waals surface area contributed by atoms with Crippen LogP contribution in [0.25, 0.3) is 0 Å². The van der Waals surface area contributed by atoms with Gasteiger partial charge < -0.3 is 15.3 Å². The first kappa shape index (κ1) is 15.2. The van der Waals surface area contributed by atoms with Crippen LogP contribution in [-0.2, 0) is 16.1 Å². The maximum absolute atomic E-state index is 11.5. The highest BCUT2D eigenvalue weighted by atomic mass is 16.3. The van der Waals surface area contributed by atoms with E-state index in [0.717, 1.165) is 5.56 Å². The first-order valence-corrected chi connectivity index (χ1v) is 6.24. The molecular formula is C14H20N2O3. The average Bonchev–Trinajstić information content (AvgIpc) is 2.36. The largest absolute Gasteiger partial charge is 0.396 e. The SMILES string of the molecule is CC(=O)N(C)Cc1cccc(NC(=O)CCCO)c1. The van der Waals surface area contributed by atoms with Crippen LogP contribution in [0.3, 0.4) is 0 Å². The molecule has 0 spiro atoms. The number of hydrogen-bond donors (Lipinski definition) is 2. The summed E-state index contributed by atoms with van der Waals surface area (Å²) in [6.45, 7) is 2.03. The molecule has 0 radical (unpaired) electrons. The van der Waals surface area contributed by atoms with Gasteiger partial charge in [0, 0.05) is 39.2 Å². The van der Waals surface area contributed by atoms with Gasteiger partial charge in [0.15, 0.2) is 0 Å². The number of rotatable bonds is 6. The summed E-state index contributed by atoms with van der Waals surface area (Å²) in [5.41, 5.74) is 1.66. The predicted molar refractivity (Wildman–Crippen MR) is 73.5 cm³/mol. The Balaban J connectivity index is 2.61. The molecule has 0 unspecified atom stereocenters.